The second-order valence-corrected chi connectivity index (χ2v) is 7.39. The molecule has 1 aromatic heterocycles. The minimum Gasteiger partial charge on any atom is -0.310 e. The predicted molar refractivity (Wildman–Crippen MR) is 92.7 cm³/mol. The van der Waals surface area contributed by atoms with E-state index in [1.165, 1.54) is 11.8 Å². The highest BCUT2D eigenvalue weighted by molar-refractivity contribution is 7.89. The zero-order chi connectivity index (χ0) is 17.9. The van der Waals surface area contributed by atoms with Crippen molar-refractivity contribution in [2.45, 2.75) is 25.7 Å². The Labute approximate surface area is 146 Å². The van der Waals surface area contributed by atoms with Gasteiger partial charge < -0.3 is 4.90 Å². The van der Waals surface area contributed by atoms with E-state index in [0.29, 0.717) is 22.1 Å². The molecule has 0 saturated carbocycles. The third-order valence-electron chi connectivity index (χ3n) is 3.48. The van der Waals surface area contributed by atoms with Gasteiger partial charge in [-0.1, -0.05) is 23.7 Å². The molecule has 9 heteroatoms. The topological polar surface area (TPSA) is 95.2 Å². The van der Waals surface area contributed by atoms with Crippen molar-refractivity contribution in [1.82, 2.24) is 14.9 Å². The molecule has 0 atom stereocenters. The van der Waals surface area contributed by atoms with E-state index in [9.17, 15) is 13.2 Å². The fraction of sp³-hybridized carbons (Fsp3) is 0.333. The van der Waals surface area contributed by atoms with Crippen molar-refractivity contribution < 1.29 is 13.2 Å². The quantitative estimate of drug-likeness (QED) is 0.813. The third-order valence-corrected chi connectivity index (χ3v) is 5.52. The summed E-state index contributed by atoms with van der Waals surface area (Å²) in [4.78, 5) is 13.4. The van der Waals surface area contributed by atoms with Gasteiger partial charge in [0.1, 0.15) is 4.90 Å². The zero-order valence-electron chi connectivity index (χ0n) is 13.6. The number of rotatable bonds is 6. The number of carbonyl (C=O) groups excluding carboxylic acids is 1. The second kappa shape index (κ2) is 7.33. The minimum absolute atomic E-state index is 0.0528. The zero-order valence-corrected chi connectivity index (χ0v) is 15.2. The van der Waals surface area contributed by atoms with E-state index >= 15 is 0 Å². The standard InChI is InChI=1S/C15H19ClN4O3S/c1-10-15(11(2)19-18-10)24(22,23)17-8-9-20(12(3)21)14-7-5-4-6-13(14)16/h4-7,17H,8-9H2,1-3H3,(H,18,19). The van der Waals surface area contributed by atoms with Crippen LogP contribution in [0, 0.1) is 13.8 Å². The van der Waals surface area contributed by atoms with Gasteiger partial charge in [-0.25, -0.2) is 13.1 Å². The molecule has 2 N–H and O–H groups in total. The lowest BCUT2D eigenvalue weighted by Crippen LogP contribution is -2.37. The van der Waals surface area contributed by atoms with Crippen LogP contribution in [-0.2, 0) is 14.8 Å². The Balaban J connectivity index is 2.12. The first-order chi connectivity index (χ1) is 11.2. The van der Waals surface area contributed by atoms with Crippen LogP contribution in [0.2, 0.25) is 5.02 Å². The van der Waals surface area contributed by atoms with Gasteiger partial charge in [-0.15, -0.1) is 0 Å². The van der Waals surface area contributed by atoms with Crippen molar-refractivity contribution in [3.05, 3.63) is 40.7 Å². The summed E-state index contributed by atoms with van der Waals surface area (Å²) in [6, 6.07) is 6.91. The molecular formula is C15H19ClN4O3S. The third kappa shape index (κ3) is 3.95. The van der Waals surface area contributed by atoms with E-state index < -0.39 is 10.0 Å². The molecule has 0 aliphatic heterocycles. The van der Waals surface area contributed by atoms with Crippen molar-refractivity contribution >= 4 is 33.2 Å². The Bertz CT molecular complexity index is 829. The lowest BCUT2D eigenvalue weighted by molar-refractivity contribution is -0.116. The van der Waals surface area contributed by atoms with E-state index in [4.69, 9.17) is 11.6 Å². The number of benzene rings is 1. The first-order valence-corrected chi connectivity index (χ1v) is 9.14. The van der Waals surface area contributed by atoms with E-state index in [1.54, 1.807) is 38.1 Å². The van der Waals surface area contributed by atoms with E-state index in [1.807, 2.05) is 0 Å². The molecule has 130 valence electrons. The smallest absolute Gasteiger partial charge is 0.244 e. The fourth-order valence-corrected chi connectivity index (χ4v) is 4.04. The average Bonchev–Trinajstić information content (AvgIpc) is 2.84. The van der Waals surface area contributed by atoms with Crippen LogP contribution in [0.25, 0.3) is 0 Å². The molecule has 1 heterocycles. The number of aromatic nitrogens is 2. The van der Waals surface area contributed by atoms with Crippen LogP contribution in [-0.4, -0.2) is 37.6 Å². The van der Waals surface area contributed by atoms with Crippen molar-refractivity contribution in [2.24, 2.45) is 0 Å². The number of halogens is 1. The fourth-order valence-electron chi connectivity index (χ4n) is 2.42. The van der Waals surface area contributed by atoms with Crippen LogP contribution in [0.1, 0.15) is 18.3 Å². The van der Waals surface area contributed by atoms with Gasteiger partial charge in [0.25, 0.3) is 0 Å². The van der Waals surface area contributed by atoms with E-state index in [-0.39, 0.29) is 23.9 Å². The van der Waals surface area contributed by atoms with Gasteiger partial charge >= 0.3 is 0 Å². The first kappa shape index (κ1) is 18.4. The number of anilines is 1. The molecule has 0 fully saturated rings. The van der Waals surface area contributed by atoms with Crippen LogP contribution in [0.3, 0.4) is 0 Å². The molecule has 0 unspecified atom stereocenters. The van der Waals surface area contributed by atoms with Gasteiger partial charge in [-0.2, -0.15) is 5.10 Å². The number of nitrogens with one attached hydrogen (secondary N) is 2. The Morgan fingerprint density at radius 3 is 2.54 bits per heavy atom. The highest BCUT2D eigenvalue weighted by Crippen LogP contribution is 2.25. The van der Waals surface area contributed by atoms with Crippen molar-refractivity contribution in [2.75, 3.05) is 18.0 Å². The van der Waals surface area contributed by atoms with E-state index in [2.05, 4.69) is 14.9 Å². The van der Waals surface area contributed by atoms with Gasteiger partial charge in [0, 0.05) is 20.0 Å². The first-order valence-electron chi connectivity index (χ1n) is 7.28. The molecule has 24 heavy (non-hydrogen) atoms. The molecule has 0 spiro atoms. The summed E-state index contributed by atoms with van der Waals surface area (Å²) >= 11 is 6.11. The van der Waals surface area contributed by atoms with Crippen molar-refractivity contribution in [3.63, 3.8) is 0 Å². The van der Waals surface area contributed by atoms with E-state index in [0.717, 1.165) is 0 Å². The van der Waals surface area contributed by atoms with Crippen LogP contribution in [0.15, 0.2) is 29.2 Å². The molecular weight excluding hydrogens is 352 g/mol. The van der Waals surface area contributed by atoms with Crippen LogP contribution < -0.4 is 9.62 Å². The Morgan fingerprint density at radius 2 is 2.00 bits per heavy atom. The molecule has 2 aromatic rings. The summed E-state index contributed by atoms with van der Waals surface area (Å²) in [5, 5.41) is 6.96. The Kier molecular flexibility index (Phi) is 5.63. The lowest BCUT2D eigenvalue weighted by atomic mass is 10.3. The summed E-state index contributed by atoms with van der Waals surface area (Å²) in [5.74, 6) is -0.224. The largest absolute Gasteiger partial charge is 0.310 e. The number of hydrogen-bond donors (Lipinski definition) is 2. The van der Waals surface area contributed by atoms with Gasteiger partial charge in [0.15, 0.2) is 0 Å². The lowest BCUT2D eigenvalue weighted by Gasteiger charge is -2.22. The number of amides is 1. The summed E-state index contributed by atoms with van der Waals surface area (Å²) in [6.45, 7) is 4.87. The number of nitrogens with zero attached hydrogens (tertiary/aromatic N) is 2. The molecule has 7 nitrogen and oxygen atoms in total. The number of sulfonamides is 1. The number of H-pyrrole nitrogens is 1. The van der Waals surface area contributed by atoms with Gasteiger partial charge in [0.2, 0.25) is 15.9 Å². The van der Waals surface area contributed by atoms with Gasteiger partial charge in [-0.3, -0.25) is 9.89 Å². The normalized spacial score (nSPS) is 11.5. The van der Waals surface area contributed by atoms with Crippen molar-refractivity contribution in [3.8, 4) is 0 Å². The number of para-hydroxylation sites is 1. The summed E-state index contributed by atoms with van der Waals surface area (Å²) in [6.07, 6.45) is 0. The number of aromatic amines is 1. The number of carbonyl (C=O) groups is 1. The van der Waals surface area contributed by atoms with Crippen molar-refractivity contribution in [1.29, 1.82) is 0 Å². The molecule has 0 aliphatic rings. The molecule has 0 aliphatic carbocycles. The molecule has 1 aromatic carbocycles. The minimum atomic E-state index is -3.71. The Hall–Kier alpha value is -1.90. The SMILES string of the molecule is CC(=O)N(CCNS(=O)(=O)c1c(C)n[nH]c1C)c1ccccc1Cl. The number of aryl methyl sites for hydroxylation is 2. The maximum absolute atomic E-state index is 12.4. The predicted octanol–water partition coefficient (Wildman–Crippen LogP) is 2.01. The molecule has 0 bridgehead atoms. The summed E-state index contributed by atoms with van der Waals surface area (Å²) in [5.41, 5.74) is 1.41. The van der Waals surface area contributed by atoms with Crippen LogP contribution in [0.5, 0.6) is 0 Å². The Morgan fingerprint density at radius 1 is 1.33 bits per heavy atom. The van der Waals surface area contributed by atoms with Gasteiger partial charge in [0.05, 0.1) is 22.1 Å². The van der Waals surface area contributed by atoms with Gasteiger partial charge in [-0.05, 0) is 26.0 Å². The summed E-state index contributed by atoms with van der Waals surface area (Å²) < 4.78 is 27.3. The van der Waals surface area contributed by atoms with Crippen LogP contribution in [0.4, 0.5) is 5.69 Å². The summed E-state index contributed by atoms with van der Waals surface area (Å²) in [7, 11) is -3.71. The molecule has 1 amide bonds. The maximum atomic E-state index is 12.4. The average molecular weight is 371 g/mol. The number of hydrogen-bond acceptors (Lipinski definition) is 4. The second-order valence-electron chi connectivity index (χ2n) is 5.28. The van der Waals surface area contributed by atoms with Crippen LogP contribution >= 0.6 is 11.6 Å². The molecule has 0 saturated heterocycles. The highest BCUT2D eigenvalue weighted by atomic mass is 35.5. The molecule has 0 radical (unpaired) electrons. The maximum Gasteiger partial charge on any atom is 0.244 e. The monoisotopic (exact) mass is 370 g/mol. The highest BCUT2D eigenvalue weighted by Gasteiger charge is 2.22. The molecule has 2 rings (SSSR count).